The number of carbonyl (C=O) groups excluding carboxylic acids is 1. The number of hydrogen-bond acceptors (Lipinski definition) is 4. The van der Waals surface area contributed by atoms with E-state index in [0.29, 0.717) is 23.8 Å². The molecule has 0 saturated carbocycles. The van der Waals surface area contributed by atoms with Crippen molar-refractivity contribution in [3.05, 3.63) is 28.8 Å². The number of aryl methyl sites for hydroxylation is 1. The van der Waals surface area contributed by atoms with Gasteiger partial charge in [0.2, 0.25) is 15.9 Å². The van der Waals surface area contributed by atoms with E-state index in [2.05, 4.69) is 5.32 Å². The molecule has 23 heavy (non-hydrogen) atoms. The molecule has 0 aromatic heterocycles. The average Bonchev–Trinajstić information content (AvgIpc) is 2.41. The van der Waals surface area contributed by atoms with Gasteiger partial charge >= 0.3 is 0 Å². The van der Waals surface area contributed by atoms with Crippen molar-refractivity contribution in [3.8, 4) is 0 Å². The van der Waals surface area contributed by atoms with Crippen LogP contribution in [0.25, 0.3) is 0 Å². The molecular formula is C15H24ClN3O3S. The van der Waals surface area contributed by atoms with Crippen LogP contribution in [-0.4, -0.2) is 63.5 Å². The van der Waals surface area contributed by atoms with Crippen LogP contribution in [0.15, 0.2) is 18.2 Å². The number of carbonyl (C=O) groups is 1. The van der Waals surface area contributed by atoms with Crippen LogP contribution >= 0.6 is 11.6 Å². The molecule has 130 valence electrons. The van der Waals surface area contributed by atoms with Gasteiger partial charge in [0.1, 0.15) is 0 Å². The summed E-state index contributed by atoms with van der Waals surface area (Å²) < 4.78 is 24.8. The van der Waals surface area contributed by atoms with E-state index >= 15 is 0 Å². The van der Waals surface area contributed by atoms with Crippen LogP contribution in [0.2, 0.25) is 5.02 Å². The Morgan fingerprint density at radius 1 is 1.22 bits per heavy atom. The smallest absolute Gasteiger partial charge is 0.225 e. The fourth-order valence-electron chi connectivity index (χ4n) is 1.88. The van der Waals surface area contributed by atoms with Gasteiger partial charge in [-0.1, -0.05) is 17.7 Å². The molecule has 0 fully saturated rings. The number of hydrogen-bond donors (Lipinski definition) is 1. The zero-order chi connectivity index (χ0) is 17.6. The molecule has 1 aromatic rings. The largest absolute Gasteiger partial charge is 0.326 e. The summed E-state index contributed by atoms with van der Waals surface area (Å²) in [5, 5.41) is 3.30. The molecule has 1 aromatic carbocycles. The van der Waals surface area contributed by atoms with E-state index in [0.717, 1.165) is 11.8 Å². The lowest BCUT2D eigenvalue weighted by atomic mass is 10.2. The number of anilines is 1. The zero-order valence-corrected chi connectivity index (χ0v) is 15.5. The predicted octanol–water partition coefficient (Wildman–Crippen LogP) is 1.80. The summed E-state index contributed by atoms with van der Waals surface area (Å²) in [4.78, 5) is 13.9. The Kier molecular flexibility index (Phi) is 7.47. The standard InChI is InChI=1S/C15H24ClN3O3S/c1-12-5-6-13(11-14(12)16)17-15(20)7-8-19(23(4,21)22)10-9-18(2)3/h5-6,11H,7-10H2,1-4H3,(H,17,20). The van der Waals surface area contributed by atoms with E-state index < -0.39 is 10.0 Å². The Labute approximate surface area is 143 Å². The first-order chi connectivity index (χ1) is 10.6. The van der Waals surface area contributed by atoms with Gasteiger partial charge in [-0.05, 0) is 38.7 Å². The summed E-state index contributed by atoms with van der Waals surface area (Å²) in [5.74, 6) is -0.247. The molecule has 0 bridgehead atoms. The maximum Gasteiger partial charge on any atom is 0.225 e. The monoisotopic (exact) mass is 361 g/mol. The van der Waals surface area contributed by atoms with Gasteiger partial charge in [0.05, 0.1) is 6.26 Å². The molecule has 1 amide bonds. The molecule has 0 radical (unpaired) electrons. The minimum atomic E-state index is -3.34. The van der Waals surface area contributed by atoms with Crippen molar-refractivity contribution < 1.29 is 13.2 Å². The predicted molar refractivity (Wildman–Crippen MR) is 94.4 cm³/mol. The van der Waals surface area contributed by atoms with Crippen LogP contribution in [-0.2, 0) is 14.8 Å². The quantitative estimate of drug-likeness (QED) is 0.766. The Hall–Kier alpha value is -1.15. The third-order valence-electron chi connectivity index (χ3n) is 3.31. The molecule has 0 aliphatic carbocycles. The van der Waals surface area contributed by atoms with Gasteiger partial charge in [0, 0.05) is 36.8 Å². The molecule has 0 heterocycles. The lowest BCUT2D eigenvalue weighted by Crippen LogP contribution is -2.37. The van der Waals surface area contributed by atoms with Gasteiger partial charge in [-0.15, -0.1) is 0 Å². The Morgan fingerprint density at radius 2 is 1.87 bits per heavy atom. The van der Waals surface area contributed by atoms with E-state index in [1.165, 1.54) is 4.31 Å². The Balaban J connectivity index is 2.59. The third-order valence-corrected chi connectivity index (χ3v) is 5.02. The second-order valence-corrected chi connectivity index (χ2v) is 8.12. The second kappa shape index (κ2) is 8.63. The number of nitrogens with zero attached hydrogens (tertiary/aromatic N) is 2. The number of amides is 1. The minimum absolute atomic E-state index is 0.0893. The van der Waals surface area contributed by atoms with Crippen molar-refractivity contribution in [1.29, 1.82) is 0 Å². The molecular weight excluding hydrogens is 338 g/mol. The van der Waals surface area contributed by atoms with Crippen molar-refractivity contribution in [1.82, 2.24) is 9.21 Å². The van der Waals surface area contributed by atoms with Crippen LogP contribution < -0.4 is 5.32 Å². The third kappa shape index (κ3) is 7.30. The molecule has 6 nitrogen and oxygen atoms in total. The Bertz CT molecular complexity index is 647. The van der Waals surface area contributed by atoms with Gasteiger partial charge in [-0.2, -0.15) is 0 Å². The minimum Gasteiger partial charge on any atom is -0.326 e. The highest BCUT2D eigenvalue weighted by molar-refractivity contribution is 7.88. The fraction of sp³-hybridized carbons (Fsp3) is 0.533. The van der Waals surface area contributed by atoms with Crippen LogP contribution in [0.5, 0.6) is 0 Å². The molecule has 0 aliphatic rings. The zero-order valence-electron chi connectivity index (χ0n) is 14.0. The first-order valence-corrected chi connectivity index (χ1v) is 9.48. The summed E-state index contributed by atoms with van der Waals surface area (Å²) in [6, 6.07) is 5.26. The highest BCUT2D eigenvalue weighted by Crippen LogP contribution is 2.20. The topological polar surface area (TPSA) is 69.7 Å². The Morgan fingerprint density at radius 3 is 2.39 bits per heavy atom. The summed E-state index contributed by atoms with van der Waals surface area (Å²) in [5.41, 5.74) is 1.53. The van der Waals surface area contributed by atoms with Gasteiger partial charge in [-0.25, -0.2) is 12.7 Å². The van der Waals surface area contributed by atoms with Gasteiger partial charge in [0.25, 0.3) is 0 Å². The SMILES string of the molecule is Cc1ccc(NC(=O)CCN(CCN(C)C)S(C)(=O)=O)cc1Cl. The van der Waals surface area contributed by atoms with E-state index in [1.54, 1.807) is 12.1 Å². The molecule has 0 atom stereocenters. The normalized spacial score (nSPS) is 12.0. The molecule has 0 saturated heterocycles. The van der Waals surface area contributed by atoms with Gasteiger partial charge < -0.3 is 10.2 Å². The van der Waals surface area contributed by atoms with E-state index in [9.17, 15) is 13.2 Å². The highest BCUT2D eigenvalue weighted by Gasteiger charge is 2.18. The number of sulfonamides is 1. The van der Waals surface area contributed by atoms with Crippen molar-refractivity contribution >= 4 is 33.2 Å². The number of rotatable bonds is 8. The maximum atomic E-state index is 12.0. The lowest BCUT2D eigenvalue weighted by molar-refractivity contribution is -0.116. The van der Waals surface area contributed by atoms with Crippen LogP contribution in [0.1, 0.15) is 12.0 Å². The van der Waals surface area contributed by atoms with Crippen LogP contribution in [0.3, 0.4) is 0 Å². The van der Waals surface area contributed by atoms with Crippen LogP contribution in [0, 0.1) is 6.92 Å². The maximum absolute atomic E-state index is 12.0. The van der Waals surface area contributed by atoms with E-state index in [4.69, 9.17) is 11.6 Å². The van der Waals surface area contributed by atoms with Gasteiger partial charge in [0.15, 0.2) is 0 Å². The number of halogens is 1. The highest BCUT2D eigenvalue weighted by atomic mass is 35.5. The first kappa shape index (κ1) is 19.9. The number of benzene rings is 1. The van der Waals surface area contributed by atoms with Crippen LogP contribution in [0.4, 0.5) is 5.69 Å². The molecule has 1 rings (SSSR count). The fourth-order valence-corrected chi connectivity index (χ4v) is 2.89. The molecule has 1 N–H and O–H groups in total. The van der Waals surface area contributed by atoms with Crippen molar-refractivity contribution in [2.24, 2.45) is 0 Å². The van der Waals surface area contributed by atoms with Crippen molar-refractivity contribution in [2.45, 2.75) is 13.3 Å². The van der Waals surface area contributed by atoms with Gasteiger partial charge in [-0.3, -0.25) is 4.79 Å². The summed E-state index contributed by atoms with van der Waals surface area (Å²) in [7, 11) is 0.403. The molecule has 0 spiro atoms. The van der Waals surface area contributed by atoms with Crippen molar-refractivity contribution in [2.75, 3.05) is 45.3 Å². The number of likely N-dealkylation sites (N-methyl/N-ethyl adjacent to an activating group) is 1. The number of nitrogens with one attached hydrogen (secondary N) is 1. The molecule has 0 aliphatic heterocycles. The van der Waals surface area contributed by atoms with Crippen molar-refractivity contribution in [3.63, 3.8) is 0 Å². The molecule has 8 heteroatoms. The second-order valence-electron chi connectivity index (χ2n) is 5.73. The molecule has 0 unspecified atom stereocenters. The summed E-state index contributed by atoms with van der Waals surface area (Å²) in [6.07, 6.45) is 1.24. The first-order valence-electron chi connectivity index (χ1n) is 7.25. The lowest BCUT2D eigenvalue weighted by Gasteiger charge is -2.21. The van der Waals surface area contributed by atoms with E-state index in [-0.39, 0.29) is 18.9 Å². The average molecular weight is 362 g/mol. The summed E-state index contributed by atoms with van der Waals surface area (Å²) >= 11 is 6.01. The van der Waals surface area contributed by atoms with E-state index in [1.807, 2.05) is 32.0 Å². The summed E-state index contributed by atoms with van der Waals surface area (Å²) in [6.45, 7) is 2.98.